The monoisotopic (exact) mass is 260 g/mol. The first-order chi connectivity index (χ1) is 9.13. The van der Waals surface area contributed by atoms with Gasteiger partial charge in [0, 0.05) is 5.70 Å². The average Bonchev–Trinajstić information content (AvgIpc) is 2.81. The minimum atomic E-state index is -0.383. The minimum Gasteiger partial charge on any atom is -0.465 e. The molecule has 4 nitrogen and oxygen atoms in total. The van der Waals surface area contributed by atoms with Gasteiger partial charge in [-0.1, -0.05) is 30.3 Å². The zero-order chi connectivity index (χ0) is 13.8. The summed E-state index contributed by atoms with van der Waals surface area (Å²) in [7, 11) is 0. The number of benzene rings is 1. The van der Waals surface area contributed by atoms with Crippen LogP contribution >= 0.6 is 0 Å². The zero-order valence-electron chi connectivity index (χ0n) is 11.6. The van der Waals surface area contributed by atoms with E-state index in [9.17, 15) is 4.79 Å². The van der Waals surface area contributed by atoms with Crippen LogP contribution in [0.3, 0.4) is 0 Å². The van der Waals surface area contributed by atoms with Crippen LogP contribution in [-0.4, -0.2) is 23.6 Å². The van der Waals surface area contributed by atoms with Crippen molar-refractivity contribution in [2.75, 3.05) is 6.61 Å². The van der Waals surface area contributed by atoms with Crippen molar-refractivity contribution in [3.05, 3.63) is 47.7 Å². The SMILES string of the molecule is CCOC(=O)C1C=C(C)N(C(C)c2ccccc2)N1. The van der Waals surface area contributed by atoms with Gasteiger partial charge < -0.3 is 9.75 Å². The van der Waals surface area contributed by atoms with Crippen LogP contribution in [0.2, 0.25) is 0 Å². The maximum Gasteiger partial charge on any atom is 0.329 e. The third-order valence-corrected chi connectivity index (χ3v) is 3.28. The Morgan fingerprint density at radius 3 is 2.74 bits per heavy atom. The molecular formula is C15H20N2O2. The van der Waals surface area contributed by atoms with Gasteiger partial charge in [0.2, 0.25) is 0 Å². The van der Waals surface area contributed by atoms with Crippen molar-refractivity contribution in [1.82, 2.24) is 10.4 Å². The first kappa shape index (κ1) is 13.6. The van der Waals surface area contributed by atoms with E-state index in [-0.39, 0.29) is 18.1 Å². The molecule has 4 heteroatoms. The maximum atomic E-state index is 11.7. The molecule has 0 saturated carbocycles. The second-order valence-corrected chi connectivity index (χ2v) is 4.62. The van der Waals surface area contributed by atoms with Crippen LogP contribution in [0.1, 0.15) is 32.4 Å². The average molecular weight is 260 g/mol. The Balaban J connectivity index is 2.08. The van der Waals surface area contributed by atoms with E-state index in [0.29, 0.717) is 6.61 Å². The Morgan fingerprint density at radius 1 is 1.42 bits per heavy atom. The van der Waals surface area contributed by atoms with Crippen molar-refractivity contribution in [3.8, 4) is 0 Å². The van der Waals surface area contributed by atoms with Gasteiger partial charge >= 0.3 is 5.97 Å². The summed E-state index contributed by atoms with van der Waals surface area (Å²) in [6.45, 7) is 6.31. The normalized spacial score (nSPS) is 20.1. The van der Waals surface area contributed by atoms with Crippen LogP contribution in [0.15, 0.2) is 42.1 Å². The molecule has 0 aliphatic carbocycles. The molecule has 0 aromatic heterocycles. The van der Waals surface area contributed by atoms with E-state index >= 15 is 0 Å². The maximum absolute atomic E-state index is 11.7. The summed E-state index contributed by atoms with van der Waals surface area (Å²) < 4.78 is 5.04. The minimum absolute atomic E-state index is 0.164. The van der Waals surface area contributed by atoms with Crippen molar-refractivity contribution >= 4 is 5.97 Å². The molecule has 1 aliphatic heterocycles. The van der Waals surface area contributed by atoms with Gasteiger partial charge in [-0.25, -0.2) is 10.2 Å². The number of hydrazine groups is 1. The number of esters is 1. The summed E-state index contributed by atoms with van der Waals surface area (Å²) >= 11 is 0. The Kier molecular flexibility index (Phi) is 4.22. The van der Waals surface area contributed by atoms with Crippen LogP contribution in [-0.2, 0) is 9.53 Å². The fourth-order valence-electron chi connectivity index (χ4n) is 2.26. The molecule has 0 fully saturated rings. The van der Waals surface area contributed by atoms with Crippen molar-refractivity contribution in [2.45, 2.75) is 32.9 Å². The Labute approximate surface area is 114 Å². The number of nitrogens with one attached hydrogen (secondary N) is 1. The van der Waals surface area contributed by atoms with Gasteiger partial charge in [0.05, 0.1) is 12.6 Å². The van der Waals surface area contributed by atoms with E-state index in [4.69, 9.17) is 4.74 Å². The smallest absolute Gasteiger partial charge is 0.329 e. The van der Waals surface area contributed by atoms with Gasteiger partial charge in [0.1, 0.15) is 6.04 Å². The van der Waals surface area contributed by atoms with Gasteiger partial charge in [-0.3, -0.25) is 0 Å². The molecule has 0 bridgehead atoms. The van der Waals surface area contributed by atoms with Crippen molar-refractivity contribution in [3.63, 3.8) is 0 Å². The molecule has 1 aromatic rings. The molecular weight excluding hydrogens is 240 g/mol. The second kappa shape index (κ2) is 5.89. The number of carbonyl (C=O) groups is 1. The number of ether oxygens (including phenoxy) is 1. The fraction of sp³-hybridized carbons (Fsp3) is 0.400. The van der Waals surface area contributed by atoms with Gasteiger partial charge in [-0.2, -0.15) is 0 Å². The fourth-order valence-corrected chi connectivity index (χ4v) is 2.26. The predicted octanol–water partition coefficient (Wildman–Crippen LogP) is 2.40. The number of nitrogens with zero attached hydrogens (tertiary/aromatic N) is 1. The summed E-state index contributed by atoms with van der Waals surface area (Å²) in [5.41, 5.74) is 5.43. The lowest BCUT2D eigenvalue weighted by Crippen LogP contribution is -2.42. The second-order valence-electron chi connectivity index (χ2n) is 4.62. The molecule has 1 N–H and O–H groups in total. The largest absolute Gasteiger partial charge is 0.465 e. The standard InChI is InChI=1S/C15H20N2O2/c1-4-19-15(18)14-10-11(2)17(16-14)12(3)13-8-6-5-7-9-13/h5-10,12,14,16H,4H2,1-3H3. The molecule has 1 aliphatic rings. The lowest BCUT2D eigenvalue weighted by atomic mass is 10.1. The lowest BCUT2D eigenvalue weighted by molar-refractivity contribution is -0.145. The summed E-state index contributed by atoms with van der Waals surface area (Å²) in [6.07, 6.45) is 1.90. The quantitative estimate of drug-likeness (QED) is 0.844. The Morgan fingerprint density at radius 2 is 2.11 bits per heavy atom. The highest BCUT2D eigenvalue weighted by molar-refractivity contribution is 5.78. The predicted molar refractivity (Wildman–Crippen MR) is 74.0 cm³/mol. The molecule has 2 atom stereocenters. The summed E-state index contributed by atoms with van der Waals surface area (Å²) in [5, 5.41) is 2.01. The molecule has 2 rings (SSSR count). The Bertz CT molecular complexity index is 470. The summed E-state index contributed by atoms with van der Waals surface area (Å²) in [4.78, 5) is 11.7. The topological polar surface area (TPSA) is 41.6 Å². The van der Waals surface area contributed by atoms with Crippen LogP contribution in [0.25, 0.3) is 0 Å². The van der Waals surface area contributed by atoms with Crippen LogP contribution in [0.4, 0.5) is 0 Å². The van der Waals surface area contributed by atoms with E-state index < -0.39 is 0 Å². The van der Waals surface area contributed by atoms with E-state index in [1.165, 1.54) is 5.56 Å². The molecule has 2 unspecified atom stereocenters. The van der Waals surface area contributed by atoms with Crippen LogP contribution in [0, 0.1) is 0 Å². The number of rotatable bonds is 4. The summed E-state index contributed by atoms with van der Waals surface area (Å²) in [5.74, 6) is -0.232. The third kappa shape index (κ3) is 2.96. The highest BCUT2D eigenvalue weighted by atomic mass is 16.5. The molecule has 19 heavy (non-hydrogen) atoms. The van der Waals surface area contributed by atoms with Gasteiger partial charge in [-0.05, 0) is 32.4 Å². The summed E-state index contributed by atoms with van der Waals surface area (Å²) in [6, 6.07) is 9.97. The van der Waals surface area contributed by atoms with E-state index in [0.717, 1.165) is 5.70 Å². The van der Waals surface area contributed by atoms with Crippen LogP contribution in [0.5, 0.6) is 0 Å². The lowest BCUT2D eigenvalue weighted by Gasteiger charge is -2.29. The zero-order valence-corrected chi connectivity index (χ0v) is 11.6. The van der Waals surface area contributed by atoms with Crippen molar-refractivity contribution < 1.29 is 9.53 Å². The number of allylic oxidation sites excluding steroid dienone is 1. The van der Waals surface area contributed by atoms with Crippen molar-refractivity contribution in [2.24, 2.45) is 0 Å². The van der Waals surface area contributed by atoms with Gasteiger partial charge in [0.25, 0.3) is 0 Å². The van der Waals surface area contributed by atoms with Gasteiger partial charge in [0.15, 0.2) is 0 Å². The highest BCUT2D eigenvalue weighted by Crippen LogP contribution is 2.25. The highest BCUT2D eigenvalue weighted by Gasteiger charge is 2.29. The number of carbonyl (C=O) groups excluding carboxylic acids is 1. The molecule has 0 spiro atoms. The Hall–Kier alpha value is -1.81. The molecule has 0 amide bonds. The molecule has 1 heterocycles. The molecule has 0 radical (unpaired) electrons. The van der Waals surface area contributed by atoms with E-state index in [1.54, 1.807) is 0 Å². The van der Waals surface area contributed by atoms with Crippen molar-refractivity contribution in [1.29, 1.82) is 0 Å². The first-order valence-electron chi connectivity index (χ1n) is 6.59. The first-order valence-corrected chi connectivity index (χ1v) is 6.59. The molecule has 102 valence electrons. The number of hydrogen-bond donors (Lipinski definition) is 1. The van der Waals surface area contributed by atoms with Crippen LogP contribution < -0.4 is 5.43 Å². The van der Waals surface area contributed by atoms with E-state index in [1.807, 2.05) is 43.1 Å². The third-order valence-electron chi connectivity index (χ3n) is 3.28. The number of hydrogen-bond acceptors (Lipinski definition) is 4. The van der Waals surface area contributed by atoms with Gasteiger partial charge in [-0.15, -0.1) is 0 Å². The molecule has 0 saturated heterocycles. The molecule has 1 aromatic carbocycles. The van der Waals surface area contributed by atoms with E-state index in [2.05, 4.69) is 24.5 Å².